The number of halogens is 3. The number of ether oxygens (including phenoxy) is 1. The molecule has 0 saturated carbocycles. The fraction of sp³-hybridized carbons (Fsp3) is 0.182. The molecule has 0 fully saturated rings. The Morgan fingerprint density at radius 1 is 1.06 bits per heavy atom. The molecule has 4 aromatic rings. The quantitative estimate of drug-likeness (QED) is 0.489. The molecule has 1 atom stereocenters. The van der Waals surface area contributed by atoms with Crippen molar-refractivity contribution in [2.75, 3.05) is 6.61 Å². The van der Waals surface area contributed by atoms with Crippen LogP contribution in [0.25, 0.3) is 17.0 Å². The van der Waals surface area contributed by atoms with Crippen molar-refractivity contribution in [2.24, 2.45) is 0 Å². The number of aromatic nitrogens is 4. The summed E-state index contributed by atoms with van der Waals surface area (Å²) >= 11 is 0. The van der Waals surface area contributed by atoms with E-state index in [-0.39, 0.29) is 18.1 Å². The maximum atomic E-state index is 13.7. The van der Waals surface area contributed by atoms with Crippen LogP contribution in [0.4, 0.5) is 13.2 Å². The molecule has 0 spiro atoms. The number of benzene rings is 2. The largest absolute Gasteiger partial charge is 0.491 e. The number of nitrogens with zero attached hydrogens (tertiary/aromatic N) is 4. The van der Waals surface area contributed by atoms with Crippen molar-refractivity contribution in [3.8, 4) is 17.0 Å². The van der Waals surface area contributed by atoms with Gasteiger partial charge in [0.15, 0.2) is 5.69 Å². The van der Waals surface area contributed by atoms with Gasteiger partial charge in [0.05, 0.1) is 11.7 Å². The normalized spacial score (nSPS) is 12.5. The molecule has 0 radical (unpaired) electrons. The van der Waals surface area contributed by atoms with E-state index < -0.39 is 29.6 Å². The zero-order chi connectivity index (χ0) is 22.7. The number of para-hydroxylation sites is 1. The summed E-state index contributed by atoms with van der Waals surface area (Å²) in [5.74, 6) is -0.835. The van der Waals surface area contributed by atoms with Crippen molar-refractivity contribution in [3.63, 3.8) is 0 Å². The SMILES string of the molecule is CC(COc1ccccc1)NC(=O)c1nc2nc(-c3ccccc3)cc(C(F)(F)F)n2n1. The van der Waals surface area contributed by atoms with Gasteiger partial charge in [-0.3, -0.25) is 4.79 Å². The average Bonchev–Trinajstić information content (AvgIpc) is 3.22. The first-order valence-electron chi connectivity index (χ1n) is 9.70. The van der Waals surface area contributed by atoms with Gasteiger partial charge in [0.2, 0.25) is 5.82 Å². The van der Waals surface area contributed by atoms with Gasteiger partial charge in [-0.05, 0) is 25.1 Å². The summed E-state index contributed by atoms with van der Waals surface area (Å²) in [4.78, 5) is 20.6. The second-order valence-corrected chi connectivity index (χ2v) is 7.04. The third-order valence-corrected chi connectivity index (χ3v) is 4.50. The summed E-state index contributed by atoms with van der Waals surface area (Å²) in [6, 6.07) is 17.9. The number of carbonyl (C=O) groups excluding carboxylic acids is 1. The Bertz CT molecular complexity index is 1230. The Labute approximate surface area is 180 Å². The maximum Gasteiger partial charge on any atom is 0.433 e. The van der Waals surface area contributed by atoms with Crippen LogP contribution in [0, 0.1) is 0 Å². The molecule has 0 aliphatic rings. The topological polar surface area (TPSA) is 81.4 Å². The number of fused-ring (bicyclic) bond motifs is 1. The Morgan fingerprint density at radius 3 is 2.38 bits per heavy atom. The van der Waals surface area contributed by atoms with E-state index in [1.807, 2.05) is 18.2 Å². The highest BCUT2D eigenvalue weighted by atomic mass is 19.4. The van der Waals surface area contributed by atoms with E-state index in [1.165, 1.54) is 0 Å². The molecule has 0 saturated heterocycles. The third-order valence-electron chi connectivity index (χ3n) is 4.50. The van der Waals surface area contributed by atoms with Crippen molar-refractivity contribution in [3.05, 3.63) is 78.2 Å². The zero-order valence-electron chi connectivity index (χ0n) is 16.9. The molecule has 164 valence electrons. The standard InChI is InChI=1S/C22H18F3N5O2/c1-14(13-32-16-10-6-3-7-11-16)26-20(31)19-28-21-27-17(15-8-4-2-5-9-15)12-18(22(23,24)25)30(21)29-19/h2-12,14H,13H2,1H3,(H,26,31). The van der Waals surface area contributed by atoms with E-state index >= 15 is 0 Å². The molecule has 7 nitrogen and oxygen atoms in total. The van der Waals surface area contributed by atoms with Crippen LogP contribution in [0.5, 0.6) is 5.75 Å². The minimum Gasteiger partial charge on any atom is -0.491 e. The maximum absolute atomic E-state index is 13.7. The highest BCUT2D eigenvalue weighted by Gasteiger charge is 2.36. The van der Waals surface area contributed by atoms with E-state index in [9.17, 15) is 18.0 Å². The Kier molecular flexibility index (Phi) is 5.76. The first-order valence-corrected chi connectivity index (χ1v) is 9.70. The van der Waals surface area contributed by atoms with Gasteiger partial charge in [-0.2, -0.15) is 22.7 Å². The van der Waals surface area contributed by atoms with E-state index in [1.54, 1.807) is 49.4 Å². The highest BCUT2D eigenvalue weighted by molar-refractivity contribution is 5.91. The van der Waals surface area contributed by atoms with Gasteiger partial charge in [-0.15, -0.1) is 5.10 Å². The van der Waals surface area contributed by atoms with Crippen LogP contribution in [-0.4, -0.2) is 38.1 Å². The van der Waals surface area contributed by atoms with Gasteiger partial charge >= 0.3 is 6.18 Å². The minimum atomic E-state index is -4.72. The zero-order valence-corrected chi connectivity index (χ0v) is 16.9. The number of carbonyl (C=O) groups is 1. The molecular weight excluding hydrogens is 423 g/mol. The van der Waals surface area contributed by atoms with Crippen molar-refractivity contribution in [1.29, 1.82) is 0 Å². The number of amides is 1. The molecule has 1 N–H and O–H groups in total. The summed E-state index contributed by atoms with van der Waals surface area (Å²) in [6.07, 6.45) is -4.72. The van der Waals surface area contributed by atoms with Crippen LogP contribution < -0.4 is 10.1 Å². The highest BCUT2D eigenvalue weighted by Crippen LogP contribution is 2.31. The lowest BCUT2D eigenvalue weighted by Gasteiger charge is -2.13. The van der Waals surface area contributed by atoms with Gasteiger partial charge in [0, 0.05) is 5.56 Å². The third kappa shape index (κ3) is 4.69. The second kappa shape index (κ2) is 8.66. The number of nitrogens with one attached hydrogen (secondary N) is 1. The van der Waals surface area contributed by atoms with E-state index in [0.717, 1.165) is 6.07 Å². The predicted octanol–water partition coefficient (Wildman–Crippen LogP) is 4.01. The molecule has 2 aromatic carbocycles. The van der Waals surface area contributed by atoms with E-state index in [4.69, 9.17) is 4.74 Å². The predicted molar refractivity (Wildman–Crippen MR) is 110 cm³/mol. The van der Waals surface area contributed by atoms with E-state index in [2.05, 4.69) is 20.4 Å². The van der Waals surface area contributed by atoms with Crippen LogP contribution in [0.3, 0.4) is 0 Å². The van der Waals surface area contributed by atoms with Gasteiger partial charge in [0.1, 0.15) is 12.4 Å². The first kappa shape index (κ1) is 21.3. The molecule has 4 rings (SSSR count). The lowest BCUT2D eigenvalue weighted by molar-refractivity contribution is -0.142. The van der Waals surface area contributed by atoms with Crippen LogP contribution in [-0.2, 0) is 6.18 Å². The summed E-state index contributed by atoms with van der Waals surface area (Å²) in [6.45, 7) is 1.86. The van der Waals surface area contributed by atoms with E-state index in [0.29, 0.717) is 15.8 Å². The van der Waals surface area contributed by atoms with Crippen molar-refractivity contribution in [1.82, 2.24) is 24.9 Å². The fourth-order valence-electron chi connectivity index (χ4n) is 2.99. The molecule has 0 aliphatic heterocycles. The van der Waals surface area contributed by atoms with Gasteiger partial charge < -0.3 is 10.1 Å². The molecule has 32 heavy (non-hydrogen) atoms. The van der Waals surface area contributed by atoms with Crippen molar-refractivity contribution < 1.29 is 22.7 Å². The second-order valence-electron chi connectivity index (χ2n) is 7.04. The summed E-state index contributed by atoms with van der Waals surface area (Å²) in [7, 11) is 0. The molecule has 1 unspecified atom stereocenters. The summed E-state index contributed by atoms with van der Waals surface area (Å²) in [5, 5.41) is 6.38. The average molecular weight is 441 g/mol. The van der Waals surface area contributed by atoms with Crippen molar-refractivity contribution >= 4 is 11.7 Å². The van der Waals surface area contributed by atoms with Gasteiger partial charge in [-0.25, -0.2) is 4.98 Å². The Hall–Kier alpha value is -3.95. The molecule has 0 aliphatic carbocycles. The van der Waals surface area contributed by atoms with Crippen LogP contribution in [0.1, 0.15) is 23.2 Å². The lowest BCUT2D eigenvalue weighted by atomic mass is 10.1. The Morgan fingerprint density at radius 2 is 1.72 bits per heavy atom. The molecule has 10 heteroatoms. The molecule has 2 aromatic heterocycles. The van der Waals surface area contributed by atoms with Gasteiger partial charge in [0.25, 0.3) is 11.7 Å². The molecule has 1 amide bonds. The number of alkyl halides is 3. The smallest absolute Gasteiger partial charge is 0.433 e. The van der Waals surface area contributed by atoms with Crippen LogP contribution in [0.15, 0.2) is 66.7 Å². The summed E-state index contributed by atoms with van der Waals surface area (Å²) in [5.41, 5.74) is -0.510. The fourth-order valence-corrected chi connectivity index (χ4v) is 2.99. The molecular formula is C22H18F3N5O2. The van der Waals surface area contributed by atoms with Crippen molar-refractivity contribution in [2.45, 2.75) is 19.1 Å². The first-order chi connectivity index (χ1) is 15.3. The molecule has 2 heterocycles. The monoisotopic (exact) mass is 441 g/mol. The molecule has 0 bridgehead atoms. The number of rotatable bonds is 6. The number of hydrogen-bond acceptors (Lipinski definition) is 5. The Balaban J connectivity index is 1.58. The number of hydrogen-bond donors (Lipinski definition) is 1. The van der Waals surface area contributed by atoms with Gasteiger partial charge in [-0.1, -0.05) is 48.5 Å². The minimum absolute atomic E-state index is 0.0782. The van der Waals surface area contributed by atoms with Crippen LogP contribution >= 0.6 is 0 Å². The van der Waals surface area contributed by atoms with Crippen LogP contribution in [0.2, 0.25) is 0 Å². The summed E-state index contributed by atoms with van der Waals surface area (Å²) < 4.78 is 47.1. The lowest BCUT2D eigenvalue weighted by Crippen LogP contribution is -2.37.